The standard InChI is InChI=1S/C36H21BO2/c1-3-12-24-22(10-1)23-11-2-4-13-25(23)27-16-9-19-33-35(27)37(29-17-7-5-14-26(24)29)30-20-21-32-34(36(30)39-33)28-15-6-8-18-31(28)38-32/h1-21H. The third kappa shape index (κ3) is 2.82. The van der Waals surface area contributed by atoms with Gasteiger partial charge < -0.3 is 9.15 Å². The first-order valence-corrected chi connectivity index (χ1v) is 13.4. The van der Waals surface area contributed by atoms with E-state index >= 15 is 0 Å². The van der Waals surface area contributed by atoms with Crippen LogP contribution in [-0.4, -0.2) is 6.71 Å². The topological polar surface area (TPSA) is 22.4 Å². The van der Waals surface area contributed by atoms with Crippen LogP contribution >= 0.6 is 0 Å². The van der Waals surface area contributed by atoms with Gasteiger partial charge >= 0.3 is 0 Å². The lowest BCUT2D eigenvalue weighted by Gasteiger charge is -2.30. The molecule has 0 atom stereocenters. The predicted octanol–water partition coefficient (Wildman–Crippen LogP) is 7.52. The van der Waals surface area contributed by atoms with Crippen molar-refractivity contribution in [1.29, 1.82) is 0 Å². The van der Waals surface area contributed by atoms with Crippen molar-refractivity contribution in [3.05, 3.63) is 127 Å². The smallest absolute Gasteiger partial charge is 0.252 e. The highest BCUT2D eigenvalue weighted by atomic mass is 16.5. The molecule has 9 rings (SSSR count). The van der Waals surface area contributed by atoms with Crippen molar-refractivity contribution in [3.63, 3.8) is 0 Å². The van der Waals surface area contributed by atoms with Gasteiger partial charge in [0.05, 0.1) is 5.39 Å². The summed E-state index contributed by atoms with van der Waals surface area (Å²) in [6.07, 6.45) is 0. The zero-order valence-corrected chi connectivity index (χ0v) is 21.0. The minimum absolute atomic E-state index is 0.00609. The lowest BCUT2D eigenvalue weighted by Crippen LogP contribution is -2.56. The number of hydrogen-bond acceptors (Lipinski definition) is 2. The largest absolute Gasteiger partial charge is 0.458 e. The minimum Gasteiger partial charge on any atom is -0.458 e. The summed E-state index contributed by atoms with van der Waals surface area (Å²) in [5, 5.41) is 2.12. The second-order valence-corrected chi connectivity index (χ2v) is 10.4. The average Bonchev–Trinajstić information content (AvgIpc) is 3.40. The summed E-state index contributed by atoms with van der Waals surface area (Å²) < 4.78 is 13.1. The van der Waals surface area contributed by atoms with Crippen LogP contribution in [0.3, 0.4) is 0 Å². The van der Waals surface area contributed by atoms with Crippen molar-refractivity contribution in [2.24, 2.45) is 0 Å². The molecule has 1 aromatic heterocycles. The Morgan fingerprint density at radius 1 is 0.436 bits per heavy atom. The molecule has 0 fully saturated rings. The summed E-state index contributed by atoms with van der Waals surface area (Å²) in [6.45, 7) is -0.00609. The highest BCUT2D eigenvalue weighted by Crippen LogP contribution is 2.43. The van der Waals surface area contributed by atoms with E-state index < -0.39 is 0 Å². The van der Waals surface area contributed by atoms with Gasteiger partial charge in [0, 0.05) is 5.39 Å². The van der Waals surface area contributed by atoms with Crippen LogP contribution in [0.25, 0.3) is 55.3 Å². The van der Waals surface area contributed by atoms with Crippen LogP contribution < -0.4 is 21.1 Å². The van der Waals surface area contributed by atoms with Gasteiger partial charge in [-0.25, -0.2) is 0 Å². The molecule has 0 aliphatic carbocycles. The number of ether oxygens (including phenoxy) is 1. The van der Waals surface area contributed by atoms with Gasteiger partial charge in [0.1, 0.15) is 22.7 Å². The molecule has 180 valence electrons. The molecule has 0 N–H and O–H groups in total. The van der Waals surface area contributed by atoms with Gasteiger partial charge in [0.15, 0.2) is 0 Å². The number of fused-ring (bicyclic) bond motifs is 13. The summed E-state index contributed by atoms with van der Waals surface area (Å²) in [4.78, 5) is 0. The summed E-state index contributed by atoms with van der Waals surface area (Å²) in [5.74, 6) is 1.79. The lowest BCUT2D eigenvalue weighted by molar-refractivity contribution is 0.493. The summed E-state index contributed by atoms with van der Waals surface area (Å²) >= 11 is 0. The van der Waals surface area contributed by atoms with Crippen LogP contribution in [0.2, 0.25) is 0 Å². The quantitative estimate of drug-likeness (QED) is 0.203. The van der Waals surface area contributed by atoms with Crippen LogP contribution in [0.1, 0.15) is 0 Å². The zero-order chi connectivity index (χ0) is 25.5. The Balaban J connectivity index is 1.47. The van der Waals surface area contributed by atoms with E-state index in [-0.39, 0.29) is 6.71 Å². The third-order valence-electron chi connectivity index (χ3n) is 8.40. The molecule has 0 saturated heterocycles. The van der Waals surface area contributed by atoms with Crippen LogP contribution in [0, 0.1) is 0 Å². The van der Waals surface area contributed by atoms with E-state index in [1.807, 2.05) is 12.1 Å². The van der Waals surface area contributed by atoms with Crippen LogP contribution in [0.15, 0.2) is 132 Å². The molecule has 6 aromatic carbocycles. The van der Waals surface area contributed by atoms with Gasteiger partial charge in [0.25, 0.3) is 6.71 Å². The number of rotatable bonds is 0. The molecule has 0 bridgehead atoms. The maximum absolute atomic E-state index is 6.89. The van der Waals surface area contributed by atoms with E-state index in [2.05, 4.69) is 115 Å². The second kappa shape index (κ2) is 7.75. The Morgan fingerprint density at radius 3 is 1.85 bits per heavy atom. The highest BCUT2D eigenvalue weighted by molar-refractivity contribution is 6.98. The Labute approximate surface area is 226 Å². The first-order valence-electron chi connectivity index (χ1n) is 13.4. The summed E-state index contributed by atoms with van der Waals surface area (Å²) in [6, 6.07) is 45.5. The molecular formula is C36H21BO2. The Hall–Kier alpha value is -5.02. The Kier molecular flexibility index (Phi) is 4.17. The second-order valence-electron chi connectivity index (χ2n) is 10.4. The van der Waals surface area contributed by atoms with E-state index in [1.165, 1.54) is 49.8 Å². The van der Waals surface area contributed by atoms with Gasteiger partial charge in [-0.15, -0.1) is 0 Å². The Bertz CT molecular complexity index is 2120. The van der Waals surface area contributed by atoms with Crippen LogP contribution in [-0.2, 0) is 0 Å². The SMILES string of the molecule is c1ccc2c(c1)B1c3ccc4oc5ccccc5c4c3Oc3cccc(c31)-c1ccccc1-c1ccccc1-2. The molecule has 2 nitrogen and oxygen atoms in total. The van der Waals surface area contributed by atoms with Crippen molar-refractivity contribution >= 4 is 45.0 Å². The molecule has 0 spiro atoms. The van der Waals surface area contributed by atoms with E-state index in [1.54, 1.807) is 0 Å². The molecule has 0 unspecified atom stereocenters. The number of hydrogen-bond donors (Lipinski definition) is 0. The fraction of sp³-hybridized carbons (Fsp3) is 0. The van der Waals surface area contributed by atoms with Gasteiger partial charge in [-0.2, -0.15) is 0 Å². The summed E-state index contributed by atoms with van der Waals surface area (Å²) in [5.41, 5.74) is 12.8. The van der Waals surface area contributed by atoms with Crippen LogP contribution in [0.5, 0.6) is 11.5 Å². The lowest BCUT2D eigenvalue weighted by atomic mass is 9.34. The van der Waals surface area contributed by atoms with Gasteiger partial charge in [-0.05, 0) is 62.5 Å². The molecule has 3 heteroatoms. The molecule has 0 radical (unpaired) electrons. The molecule has 2 aliphatic heterocycles. The van der Waals surface area contributed by atoms with Crippen LogP contribution in [0.4, 0.5) is 0 Å². The van der Waals surface area contributed by atoms with E-state index in [0.29, 0.717) is 0 Å². The predicted molar refractivity (Wildman–Crippen MR) is 161 cm³/mol. The Morgan fingerprint density at radius 2 is 1.05 bits per heavy atom. The molecular weight excluding hydrogens is 475 g/mol. The molecule has 7 aromatic rings. The van der Waals surface area contributed by atoms with Crippen molar-refractivity contribution in [3.8, 4) is 44.9 Å². The minimum atomic E-state index is -0.00609. The maximum Gasteiger partial charge on any atom is 0.252 e. The highest BCUT2D eigenvalue weighted by Gasteiger charge is 2.38. The maximum atomic E-state index is 6.89. The first kappa shape index (κ1) is 21.0. The number of para-hydroxylation sites is 1. The fourth-order valence-corrected chi connectivity index (χ4v) is 6.79. The van der Waals surface area contributed by atoms with Crippen molar-refractivity contribution in [1.82, 2.24) is 0 Å². The van der Waals surface area contributed by atoms with E-state index in [4.69, 9.17) is 9.15 Å². The van der Waals surface area contributed by atoms with E-state index in [0.717, 1.165) is 33.4 Å². The van der Waals surface area contributed by atoms with Gasteiger partial charge in [-0.1, -0.05) is 115 Å². The van der Waals surface area contributed by atoms with Gasteiger partial charge in [-0.3, -0.25) is 0 Å². The summed E-state index contributed by atoms with van der Waals surface area (Å²) in [7, 11) is 0. The molecule has 0 amide bonds. The monoisotopic (exact) mass is 496 g/mol. The zero-order valence-electron chi connectivity index (χ0n) is 21.0. The fourth-order valence-electron chi connectivity index (χ4n) is 6.79. The number of benzene rings is 6. The third-order valence-corrected chi connectivity index (χ3v) is 8.40. The number of furan rings is 1. The van der Waals surface area contributed by atoms with Crippen molar-refractivity contribution < 1.29 is 9.15 Å². The van der Waals surface area contributed by atoms with Gasteiger partial charge in [0.2, 0.25) is 0 Å². The van der Waals surface area contributed by atoms with E-state index in [9.17, 15) is 0 Å². The van der Waals surface area contributed by atoms with Crippen molar-refractivity contribution in [2.75, 3.05) is 0 Å². The molecule has 3 heterocycles. The average molecular weight is 496 g/mol. The molecule has 39 heavy (non-hydrogen) atoms. The molecule has 0 saturated carbocycles. The normalized spacial score (nSPS) is 12.8. The first-order chi connectivity index (χ1) is 19.4. The van der Waals surface area contributed by atoms with Crippen molar-refractivity contribution in [2.45, 2.75) is 0 Å². The molecule has 2 aliphatic rings.